The van der Waals surface area contributed by atoms with E-state index in [1.165, 1.54) is 5.56 Å². The highest BCUT2D eigenvalue weighted by molar-refractivity contribution is 5.96. The van der Waals surface area contributed by atoms with Crippen LogP contribution in [0.1, 0.15) is 44.1 Å². The number of pyridine rings is 1. The maximum Gasteiger partial charge on any atom is 0.222 e. The molecule has 1 amide bonds. The van der Waals surface area contributed by atoms with Gasteiger partial charge in [0.1, 0.15) is 11.8 Å². The summed E-state index contributed by atoms with van der Waals surface area (Å²) in [7, 11) is 0. The summed E-state index contributed by atoms with van der Waals surface area (Å²) in [6.07, 6.45) is 4.25. The van der Waals surface area contributed by atoms with Crippen molar-refractivity contribution in [1.82, 2.24) is 25.4 Å². The average molecular weight is 470 g/mol. The van der Waals surface area contributed by atoms with E-state index in [1.54, 1.807) is 6.92 Å². The maximum absolute atomic E-state index is 12.0. The van der Waals surface area contributed by atoms with Gasteiger partial charge in [-0.3, -0.25) is 9.89 Å². The number of amides is 1. The normalized spacial score (nSPS) is 19.3. The Labute approximate surface area is 204 Å². The fourth-order valence-electron chi connectivity index (χ4n) is 5.47. The third-order valence-electron chi connectivity index (χ3n) is 7.44. The molecule has 180 valence electrons. The summed E-state index contributed by atoms with van der Waals surface area (Å²) >= 11 is 0. The second kappa shape index (κ2) is 9.30. The Morgan fingerprint density at radius 1 is 1.06 bits per heavy atom. The van der Waals surface area contributed by atoms with Crippen LogP contribution in [0.15, 0.2) is 48.5 Å². The lowest BCUT2D eigenvalue weighted by Gasteiger charge is -2.32. The van der Waals surface area contributed by atoms with E-state index in [0.717, 1.165) is 84.9 Å². The summed E-state index contributed by atoms with van der Waals surface area (Å²) in [5.74, 6) is 1.17. The molecule has 1 atom stereocenters. The quantitative estimate of drug-likeness (QED) is 0.455. The number of nitrogens with one attached hydrogen (secondary N) is 2. The molecule has 0 bridgehead atoms. The molecule has 0 saturated carbocycles. The average Bonchev–Trinajstić information content (AvgIpc) is 3.33. The molecule has 2 aromatic carbocycles. The van der Waals surface area contributed by atoms with Crippen LogP contribution in [0, 0.1) is 0 Å². The van der Waals surface area contributed by atoms with Gasteiger partial charge in [0.25, 0.3) is 0 Å². The molecule has 0 aliphatic carbocycles. The van der Waals surface area contributed by atoms with Crippen LogP contribution in [-0.4, -0.2) is 58.3 Å². The number of likely N-dealkylation sites (tertiary alicyclic amines) is 1. The highest BCUT2D eigenvalue weighted by atomic mass is 16.5. The molecule has 2 aromatic heterocycles. The number of H-pyrrole nitrogens is 1. The van der Waals surface area contributed by atoms with Crippen molar-refractivity contribution in [3.63, 3.8) is 0 Å². The summed E-state index contributed by atoms with van der Waals surface area (Å²) in [5.41, 5.74) is 3.88. The van der Waals surface area contributed by atoms with Crippen molar-refractivity contribution in [2.75, 3.05) is 26.2 Å². The lowest BCUT2D eigenvalue weighted by Crippen LogP contribution is -2.37. The van der Waals surface area contributed by atoms with Crippen LogP contribution >= 0.6 is 0 Å². The predicted molar refractivity (Wildman–Crippen MR) is 138 cm³/mol. The number of rotatable bonds is 4. The smallest absolute Gasteiger partial charge is 0.222 e. The van der Waals surface area contributed by atoms with Crippen molar-refractivity contribution in [1.29, 1.82) is 0 Å². The first-order valence-corrected chi connectivity index (χ1v) is 12.7. The van der Waals surface area contributed by atoms with E-state index in [1.807, 2.05) is 17.0 Å². The SMILES string of the molecule is CC(=O)N1CCCC(c2ccc3[nH]nc(-c4cc5ccccc5c(OC5CCNCC5)n4)c3c2)C1. The van der Waals surface area contributed by atoms with Crippen molar-refractivity contribution in [3.8, 4) is 17.3 Å². The van der Waals surface area contributed by atoms with E-state index in [9.17, 15) is 4.79 Å². The number of benzene rings is 2. The largest absolute Gasteiger partial charge is 0.474 e. The van der Waals surface area contributed by atoms with Gasteiger partial charge in [-0.05, 0) is 74.0 Å². The van der Waals surface area contributed by atoms with Crippen molar-refractivity contribution in [2.24, 2.45) is 0 Å². The molecular weight excluding hydrogens is 438 g/mol. The van der Waals surface area contributed by atoms with Gasteiger partial charge >= 0.3 is 0 Å². The zero-order valence-electron chi connectivity index (χ0n) is 20.1. The third kappa shape index (κ3) is 4.36. The number of hydrogen-bond donors (Lipinski definition) is 2. The first-order valence-electron chi connectivity index (χ1n) is 12.7. The fourth-order valence-corrected chi connectivity index (χ4v) is 5.47. The highest BCUT2D eigenvalue weighted by Gasteiger charge is 2.24. The number of fused-ring (bicyclic) bond motifs is 2. The molecule has 2 fully saturated rings. The van der Waals surface area contributed by atoms with Crippen molar-refractivity contribution < 1.29 is 9.53 Å². The Kier molecular flexibility index (Phi) is 5.86. The number of hydrogen-bond acceptors (Lipinski definition) is 5. The van der Waals surface area contributed by atoms with Crippen LogP contribution in [0.4, 0.5) is 0 Å². The van der Waals surface area contributed by atoms with Crippen LogP contribution in [0.3, 0.4) is 0 Å². The Morgan fingerprint density at radius 2 is 1.91 bits per heavy atom. The lowest BCUT2D eigenvalue weighted by atomic mass is 9.89. The zero-order chi connectivity index (χ0) is 23.8. The van der Waals surface area contributed by atoms with E-state index in [0.29, 0.717) is 11.8 Å². The molecular formula is C28H31N5O2. The van der Waals surface area contributed by atoms with E-state index in [4.69, 9.17) is 9.72 Å². The Morgan fingerprint density at radius 3 is 2.77 bits per heavy atom. The van der Waals surface area contributed by atoms with Gasteiger partial charge in [-0.1, -0.05) is 24.3 Å². The number of piperidine rings is 2. The number of aromatic nitrogens is 3. The minimum Gasteiger partial charge on any atom is -0.474 e. The van der Waals surface area contributed by atoms with E-state index < -0.39 is 0 Å². The number of ether oxygens (including phenoxy) is 1. The highest BCUT2D eigenvalue weighted by Crippen LogP contribution is 2.35. The second-order valence-corrected chi connectivity index (χ2v) is 9.78. The van der Waals surface area contributed by atoms with Gasteiger partial charge in [-0.2, -0.15) is 5.10 Å². The van der Waals surface area contributed by atoms with Crippen LogP contribution in [0.25, 0.3) is 33.1 Å². The van der Waals surface area contributed by atoms with Crippen molar-refractivity contribution in [2.45, 2.75) is 44.6 Å². The zero-order valence-corrected chi connectivity index (χ0v) is 20.1. The summed E-state index contributed by atoms with van der Waals surface area (Å²) in [6.45, 7) is 5.23. The Hall–Kier alpha value is -3.45. The molecule has 7 heteroatoms. The molecule has 1 unspecified atom stereocenters. The molecule has 7 nitrogen and oxygen atoms in total. The molecule has 4 aromatic rings. The third-order valence-corrected chi connectivity index (χ3v) is 7.44. The van der Waals surface area contributed by atoms with Gasteiger partial charge in [0.15, 0.2) is 0 Å². The molecule has 4 heterocycles. The lowest BCUT2D eigenvalue weighted by molar-refractivity contribution is -0.130. The topological polar surface area (TPSA) is 83.1 Å². The van der Waals surface area contributed by atoms with Crippen LogP contribution in [0.5, 0.6) is 5.88 Å². The van der Waals surface area contributed by atoms with Crippen molar-refractivity contribution >= 4 is 27.6 Å². The molecule has 35 heavy (non-hydrogen) atoms. The molecule has 0 spiro atoms. The summed E-state index contributed by atoms with van der Waals surface area (Å²) in [4.78, 5) is 18.9. The predicted octanol–water partition coefficient (Wildman–Crippen LogP) is 4.63. The summed E-state index contributed by atoms with van der Waals surface area (Å²) < 4.78 is 6.45. The van der Waals surface area contributed by atoms with Gasteiger partial charge in [-0.15, -0.1) is 0 Å². The first kappa shape index (κ1) is 22.0. The maximum atomic E-state index is 12.0. The number of carbonyl (C=O) groups is 1. The number of aromatic amines is 1. The molecule has 0 radical (unpaired) electrons. The summed E-state index contributed by atoms with van der Waals surface area (Å²) in [5, 5.41) is 14.4. The molecule has 2 aliphatic heterocycles. The minimum atomic E-state index is 0.154. The molecule has 2 aliphatic rings. The molecule has 2 N–H and O–H groups in total. The Balaban J connectivity index is 1.39. The van der Waals surface area contributed by atoms with E-state index >= 15 is 0 Å². The number of carbonyl (C=O) groups excluding carboxylic acids is 1. The molecule has 2 saturated heterocycles. The van der Waals surface area contributed by atoms with Crippen LogP contribution in [-0.2, 0) is 4.79 Å². The number of nitrogens with zero attached hydrogens (tertiary/aromatic N) is 3. The fraction of sp³-hybridized carbons (Fsp3) is 0.393. The second-order valence-electron chi connectivity index (χ2n) is 9.78. The van der Waals surface area contributed by atoms with Gasteiger partial charge in [0, 0.05) is 36.7 Å². The molecule has 6 rings (SSSR count). The standard InChI is InChI=1S/C28H31N5O2/c1-18(34)33-14-4-6-21(17-33)19-8-9-25-24(15-19)27(32-31-25)26-16-20-5-2-3-7-23(20)28(30-26)35-22-10-12-29-13-11-22/h2-3,5,7-9,15-16,21-22,29H,4,6,10-14,17H2,1H3,(H,31,32). The van der Waals surface area contributed by atoms with Gasteiger partial charge in [0.2, 0.25) is 11.8 Å². The van der Waals surface area contributed by atoms with Gasteiger partial charge < -0.3 is 15.0 Å². The van der Waals surface area contributed by atoms with Crippen LogP contribution in [0.2, 0.25) is 0 Å². The van der Waals surface area contributed by atoms with Gasteiger partial charge in [0.05, 0.1) is 11.2 Å². The minimum absolute atomic E-state index is 0.154. The monoisotopic (exact) mass is 469 g/mol. The van der Waals surface area contributed by atoms with Crippen molar-refractivity contribution in [3.05, 3.63) is 54.1 Å². The van der Waals surface area contributed by atoms with E-state index in [2.05, 4.69) is 51.9 Å². The van der Waals surface area contributed by atoms with Crippen LogP contribution < -0.4 is 10.1 Å². The van der Waals surface area contributed by atoms with E-state index in [-0.39, 0.29) is 12.0 Å². The summed E-state index contributed by atoms with van der Waals surface area (Å²) in [6, 6.07) is 16.9. The first-order chi connectivity index (χ1) is 17.2. The Bertz CT molecular complexity index is 1370. The van der Waals surface area contributed by atoms with Gasteiger partial charge in [-0.25, -0.2) is 4.98 Å².